The summed E-state index contributed by atoms with van der Waals surface area (Å²) in [5.74, 6) is 7.57. The zero-order chi connectivity index (χ0) is 12.5. The van der Waals surface area contributed by atoms with E-state index in [1.54, 1.807) is 0 Å². The Kier molecular flexibility index (Phi) is 6.58. The first-order valence-electron chi connectivity index (χ1n) is 6.07. The predicted molar refractivity (Wildman–Crippen MR) is 73.7 cm³/mol. The summed E-state index contributed by atoms with van der Waals surface area (Å²) >= 11 is 5.58. The lowest BCUT2D eigenvalue weighted by Crippen LogP contribution is -2.10. The number of halogens is 1. The number of benzene rings is 1. The van der Waals surface area contributed by atoms with Crippen LogP contribution in [0.5, 0.6) is 5.75 Å². The van der Waals surface area contributed by atoms with Gasteiger partial charge in [-0.1, -0.05) is 31.3 Å². The Hall–Kier alpha value is -1.13. The summed E-state index contributed by atoms with van der Waals surface area (Å²) in [6.45, 7) is 4.25. The average Bonchev–Trinajstić information content (AvgIpc) is 2.30. The standard InChI is InChI=1S/C15H19ClO/c1-3-7-13(2)17-15-10-6-9-14(12-15)8-4-5-11-16/h6,9-10,12-13H,3,5,7,11H2,1-2H3. The highest BCUT2D eigenvalue weighted by atomic mass is 35.5. The van der Waals surface area contributed by atoms with Crippen LogP contribution in [-0.2, 0) is 0 Å². The van der Waals surface area contributed by atoms with Crippen molar-refractivity contribution in [3.05, 3.63) is 29.8 Å². The molecule has 0 radical (unpaired) electrons. The minimum Gasteiger partial charge on any atom is -0.491 e. The van der Waals surface area contributed by atoms with Gasteiger partial charge in [0, 0.05) is 17.9 Å². The van der Waals surface area contributed by atoms with Gasteiger partial charge in [-0.2, -0.15) is 0 Å². The van der Waals surface area contributed by atoms with E-state index in [2.05, 4.69) is 25.7 Å². The second-order valence-corrected chi connectivity index (χ2v) is 4.36. The van der Waals surface area contributed by atoms with Gasteiger partial charge in [-0.25, -0.2) is 0 Å². The Bertz CT molecular complexity index is 389. The van der Waals surface area contributed by atoms with Crippen LogP contribution >= 0.6 is 11.6 Å². The van der Waals surface area contributed by atoms with Crippen LogP contribution in [0.15, 0.2) is 24.3 Å². The van der Waals surface area contributed by atoms with Crippen LogP contribution in [0.25, 0.3) is 0 Å². The SMILES string of the molecule is CCCC(C)Oc1cccc(C#CCCCl)c1. The number of hydrogen-bond acceptors (Lipinski definition) is 1. The van der Waals surface area contributed by atoms with Gasteiger partial charge in [0.1, 0.15) is 5.75 Å². The molecule has 1 nitrogen and oxygen atoms in total. The third kappa shape index (κ3) is 5.65. The zero-order valence-corrected chi connectivity index (χ0v) is 11.3. The summed E-state index contributed by atoms with van der Waals surface area (Å²) in [7, 11) is 0. The van der Waals surface area contributed by atoms with Crippen molar-refractivity contribution in [2.75, 3.05) is 5.88 Å². The molecule has 0 aliphatic carbocycles. The summed E-state index contributed by atoms with van der Waals surface area (Å²) in [5, 5.41) is 0. The molecule has 0 saturated heterocycles. The van der Waals surface area contributed by atoms with Gasteiger partial charge in [0.2, 0.25) is 0 Å². The van der Waals surface area contributed by atoms with Gasteiger partial charge < -0.3 is 4.74 Å². The Labute approximate surface area is 109 Å². The number of hydrogen-bond donors (Lipinski definition) is 0. The van der Waals surface area contributed by atoms with E-state index in [1.165, 1.54) is 0 Å². The van der Waals surface area contributed by atoms with E-state index in [1.807, 2.05) is 24.3 Å². The van der Waals surface area contributed by atoms with Crippen LogP contribution in [0, 0.1) is 11.8 Å². The Morgan fingerprint density at radius 2 is 2.24 bits per heavy atom. The molecule has 0 aromatic heterocycles. The minimum absolute atomic E-state index is 0.256. The first-order valence-corrected chi connectivity index (χ1v) is 6.61. The molecule has 17 heavy (non-hydrogen) atoms. The Morgan fingerprint density at radius 3 is 2.94 bits per heavy atom. The smallest absolute Gasteiger partial charge is 0.120 e. The third-order valence-corrected chi connectivity index (χ3v) is 2.51. The molecule has 1 unspecified atom stereocenters. The Morgan fingerprint density at radius 1 is 1.41 bits per heavy atom. The molecule has 1 aromatic rings. The Balaban J connectivity index is 2.63. The van der Waals surface area contributed by atoms with Gasteiger partial charge >= 0.3 is 0 Å². The summed E-state index contributed by atoms with van der Waals surface area (Å²) in [5.41, 5.74) is 0.983. The lowest BCUT2D eigenvalue weighted by atomic mass is 10.2. The van der Waals surface area contributed by atoms with E-state index < -0.39 is 0 Å². The average molecular weight is 251 g/mol. The van der Waals surface area contributed by atoms with E-state index in [9.17, 15) is 0 Å². The second-order valence-electron chi connectivity index (χ2n) is 3.99. The fraction of sp³-hybridized carbons (Fsp3) is 0.467. The molecule has 0 fully saturated rings. The van der Waals surface area contributed by atoms with Gasteiger partial charge in [-0.3, -0.25) is 0 Å². The molecule has 0 saturated carbocycles. The summed E-state index contributed by atoms with van der Waals surface area (Å²) in [6.07, 6.45) is 3.18. The topological polar surface area (TPSA) is 9.23 Å². The van der Waals surface area contributed by atoms with Crippen molar-refractivity contribution in [3.8, 4) is 17.6 Å². The molecule has 0 amide bonds. The molecule has 1 aromatic carbocycles. The summed E-state index contributed by atoms with van der Waals surface area (Å²) in [6, 6.07) is 7.91. The molecular weight excluding hydrogens is 232 g/mol. The van der Waals surface area contributed by atoms with Gasteiger partial charge in [-0.05, 0) is 31.5 Å². The van der Waals surface area contributed by atoms with Crippen molar-refractivity contribution in [2.45, 2.75) is 39.2 Å². The van der Waals surface area contributed by atoms with Crippen molar-refractivity contribution in [1.82, 2.24) is 0 Å². The lowest BCUT2D eigenvalue weighted by molar-refractivity contribution is 0.210. The number of alkyl halides is 1. The van der Waals surface area contributed by atoms with Crippen LogP contribution in [0.1, 0.15) is 38.7 Å². The molecule has 0 spiro atoms. The molecule has 1 rings (SSSR count). The first-order chi connectivity index (χ1) is 8.26. The molecule has 0 aliphatic rings. The van der Waals surface area contributed by atoms with E-state index in [0.717, 1.165) is 30.6 Å². The third-order valence-electron chi connectivity index (χ3n) is 2.32. The van der Waals surface area contributed by atoms with Gasteiger partial charge in [-0.15, -0.1) is 11.6 Å². The number of ether oxygens (including phenoxy) is 1. The van der Waals surface area contributed by atoms with Gasteiger partial charge in [0.25, 0.3) is 0 Å². The maximum absolute atomic E-state index is 5.81. The first kappa shape index (κ1) is 13.9. The van der Waals surface area contributed by atoms with E-state index >= 15 is 0 Å². The molecule has 0 heterocycles. The molecule has 1 atom stereocenters. The normalized spacial score (nSPS) is 11.5. The molecule has 0 bridgehead atoms. The highest BCUT2D eigenvalue weighted by Gasteiger charge is 2.02. The van der Waals surface area contributed by atoms with Crippen LogP contribution in [0.2, 0.25) is 0 Å². The number of rotatable bonds is 5. The van der Waals surface area contributed by atoms with Gasteiger partial charge in [0.15, 0.2) is 0 Å². The molecule has 2 heteroatoms. The quantitative estimate of drug-likeness (QED) is 0.561. The molecule has 0 aliphatic heterocycles. The highest BCUT2D eigenvalue weighted by molar-refractivity contribution is 6.18. The zero-order valence-electron chi connectivity index (χ0n) is 10.5. The van der Waals surface area contributed by atoms with Crippen molar-refractivity contribution in [1.29, 1.82) is 0 Å². The van der Waals surface area contributed by atoms with Crippen molar-refractivity contribution in [3.63, 3.8) is 0 Å². The monoisotopic (exact) mass is 250 g/mol. The second kappa shape index (κ2) is 8.03. The van der Waals surface area contributed by atoms with Crippen molar-refractivity contribution < 1.29 is 4.74 Å². The van der Waals surface area contributed by atoms with Crippen LogP contribution < -0.4 is 4.74 Å². The van der Waals surface area contributed by atoms with Crippen LogP contribution in [0.3, 0.4) is 0 Å². The largest absolute Gasteiger partial charge is 0.491 e. The minimum atomic E-state index is 0.256. The maximum Gasteiger partial charge on any atom is 0.120 e. The van der Waals surface area contributed by atoms with Gasteiger partial charge in [0.05, 0.1) is 6.10 Å². The van der Waals surface area contributed by atoms with Crippen molar-refractivity contribution in [2.24, 2.45) is 0 Å². The van der Waals surface area contributed by atoms with Crippen LogP contribution in [-0.4, -0.2) is 12.0 Å². The van der Waals surface area contributed by atoms with Crippen LogP contribution in [0.4, 0.5) is 0 Å². The van der Waals surface area contributed by atoms with E-state index in [0.29, 0.717) is 5.88 Å². The van der Waals surface area contributed by atoms with E-state index in [4.69, 9.17) is 16.3 Å². The maximum atomic E-state index is 5.81. The molecule has 92 valence electrons. The molecule has 0 N–H and O–H groups in total. The fourth-order valence-corrected chi connectivity index (χ4v) is 1.65. The fourth-order valence-electron chi connectivity index (χ4n) is 1.56. The highest BCUT2D eigenvalue weighted by Crippen LogP contribution is 2.15. The van der Waals surface area contributed by atoms with Crippen molar-refractivity contribution >= 4 is 11.6 Å². The predicted octanol–water partition coefficient (Wildman–Crippen LogP) is 4.23. The lowest BCUT2D eigenvalue weighted by Gasteiger charge is -2.13. The molecular formula is C15H19ClO. The summed E-state index contributed by atoms with van der Waals surface area (Å²) in [4.78, 5) is 0. The summed E-state index contributed by atoms with van der Waals surface area (Å²) < 4.78 is 5.81. The van der Waals surface area contributed by atoms with E-state index in [-0.39, 0.29) is 6.10 Å².